The minimum absolute atomic E-state index is 0.0353. The van der Waals surface area contributed by atoms with Gasteiger partial charge in [-0.1, -0.05) is 0 Å². The van der Waals surface area contributed by atoms with Gasteiger partial charge in [0.15, 0.2) is 9.84 Å². The fourth-order valence-electron chi connectivity index (χ4n) is 1.21. The molecule has 0 saturated carbocycles. The van der Waals surface area contributed by atoms with Gasteiger partial charge in [-0.3, -0.25) is 0 Å². The van der Waals surface area contributed by atoms with Crippen molar-refractivity contribution >= 4 is 9.84 Å². The molecule has 1 aliphatic rings. The lowest BCUT2D eigenvalue weighted by Gasteiger charge is -2.23. The van der Waals surface area contributed by atoms with Gasteiger partial charge in [-0.05, 0) is 6.42 Å². The Morgan fingerprint density at radius 3 is 2.64 bits per heavy atom. The number of alkyl halides is 1. The van der Waals surface area contributed by atoms with E-state index in [1.807, 2.05) is 0 Å². The van der Waals surface area contributed by atoms with Gasteiger partial charge in [0, 0.05) is 12.5 Å². The van der Waals surface area contributed by atoms with Gasteiger partial charge in [-0.25, -0.2) is 12.8 Å². The second-order valence-corrected chi connectivity index (χ2v) is 5.09. The van der Waals surface area contributed by atoms with Crippen LogP contribution in [0.5, 0.6) is 0 Å². The van der Waals surface area contributed by atoms with Gasteiger partial charge in [0.1, 0.15) is 6.17 Å². The van der Waals surface area contributed by atoms with E-state index in [1.54, 1.807) is 0 Å². The molecule has 0 spiro atoms. The highest BCUT2D eigenvalue weighted by Gasteiger charge is 2.32. The van der Waals surface area contributed by atoms with Crippen molar-refractivity contribution in [3.8, 4) is 0 Å². The molecular formula is C6H11FO3S. The number of hydrogen-bond donors (Lipinski definition) is 1. The molecule has 1 rings (SSSR count). The van der Waals surface area contributed by atoms with Crippen molar-refractivity contribution in [3.63, 3.8) is 0 Å². The first kappa shape index (κ1) is 8.93. The Bertz CT molecular complexity index is 224. The summed E-state index contributed by atoms with van der Waals surface area (Å²) in [5.41, 5.74) is 0. The van der Waals surface area contributed by atoms with Gasteiger partial charge in [0.05, 0.1) is 11.5 Å². The number of sulfone groups is 1. The molecule has 3 nitrogen and oxygen atoms in total. The molecule has 0 amide bonds. The van der Waals surface area contributed by atoms with E-state index in [4.69, 9.17) is 5.11 Å². The number of halogens is 1. The van der Waals surface area contributed by atoms with Crippen LogP contribution in [0.25, 0.3) is 0 Å². The second-order valence-electron chi connectivity index (χ2n) is 2.86. The number of aliphatic hydroxyl groups is 1. The Hall–Kier alpha value is -0.160. The molecule has 11 heavy (non-hydrogen) atoms. The van der Waals surface area contributed by atoms with Crippen LogP contribution in [-0.2, 0) is 9.84 Å². The molecule has 66 valence electrons. The average molecular weight is 182 g/mol. The average Bonchev–Trinajstić information content (AvgIpc) is 1.94. The van der Waals surface area contributed by atoms with Crippen LogP contribution < -0.4 is 0 Å². The highest BCUT2D eigenvalue weighted by molar-refractivity contribution is 7.91. The van der Waals surface area contributed by atoms with E-state index in [0.29, 0.717) is 0 Å². The van der Waals surface area contributed by atoms with E-state index in [9.17, 15) is 12.8 Å². The summed E-state index contributed by atoms with van der Waals surface area (Å²) in [5, 5.41) is 8.59. The highest BCUT2D eigenvalue weighted by Crippen LogP contribution is 2.21. The van der Waals surface area contributed by atoms with Gasteiger partial charge in [-0.15, -0.1) is 0 Å². The van der Waals surface area contributed by atoms with Crippen LogP contribution >= 0.6 is 0 Å². The lowest BCUT2D eigenvalue weighted by atomic mass is 10.1. The summed E-state index contributed by atoms with van der Waals surface area (Å²) >= 11 is 0. The summed E-state index contributed by atoms with van der Waals surface area (Å²) < 4.78 is 34.5. The molecule has 1 fully saturated rings. The standard InChI is InChI=1S/C6H11FO3S/c7-6-1-2-11(9,10)4-5(6)3-8/h5-6,8H,1-4H2. The Balaban J connectivity index is 2.66. The van der Waals surface area contributed by atoms with E-state index in [0.717, 1.165) is 0 Å². The summed E-state index contributed by atoms with van der Waals surface area (Å²) in [6.07, 6.45) is -1.11. The van der Waals surface area contributed by atoms with Gasteiger partial charge < -0.3 is 5.11 Å². The summed E-state index contributed by atoms with van der Waals surface area (Å²) in [6.45, 7) is -0.375. The predicted octanol–water partition coefficient (Wildman–Crippen LogP) is -0.248. The maximum absolute atomic E-state index is 12.8. The van der Waals surface area contributed by atoms with E-state index >= 15 is 0 Å². The van der Waals surface area contributed by atoms with Crippen LogP contribution in [0.3, 0.4) is 0 Å². The van der Waals surface area contributed by atoms with E-state index < -0.39 is 21.9 Å². The van der Waals surface area contributed by atoms with Crippen molar-refractivity contribution in [3.05, 3.63) is 0 Å². The van der Waals surface area contributed by atoms with Crippen LogP contribution in [0, 0.1) is 5.92 Å². The lowest BCUT2D eigenvalue weighted by molar-refractivity contribution is 0.145. The third kappa shape index (κ3) is 2.13. The molecule has 1 saturated heterocycles. The molecule has 2 atom stereocenters. The predicted molar refractivity (Wildman–Crippen MR) is 38.7 cm³/mol. The van der Waals surface area contributed by atoms with Crippen LogP contribution in [0.15, 0.2) is 0 Å². The fourth-order valence-corrected chi connectivity index (χ4v) is 2.93. The lowest BCUT2D eigenvalue weighted by Crippen LogP contribution is -2.35. The molecule has 0 aliphatic carbocycles. The normalized spacial score (nSPS) is 36.9. The van der Waals surface area contributed by atoms with Crippen molar-refractivity contribution in [2.75, 3.05) is 18.1 Å². The smallest absolute Gasteiger partial charge is 0.150 e. The van der Waals surface area contributed by atoms with Crippen molar-refractivity contribution in [2.24, 2.45) is 5.92 Å². The molecule has 0 aromatic carbocycles. The quantitative estimate of drug-likeness (QED) is 0.608. The van der Waals surface area contributed by atoms with Crippen LogP contribution in [0.1, 0.15) is 6.42 Å². The topological polar surface area (TPSA) is 54.4 Å². The largest absolute Gasteiger partial charge is 0.396 e. The molecule has 1 heterocycles. The van der Waals surface area contributed by atoms with Gasteiger partial charge >= 0.3 is 0 Å². The monoisotopic (exact) mass is 182 g/mol. The summed E-state index contributed by atoms with van der Waals surface area (Å²) in [7, 11) is -3.08. The first-order chi connectivity index (χ1) is 5.05. The molecule has 5 heteroatoms. The minimum atomic E-state index is -3.08. The Morgan fingerprint density at radius 1 is 1.55 bits per heavy atom. The molecule has 2 unspecified atom stereocenters. The third-order valence-corrected chi connectivity index (χ3v) is 3.71. The molecule has 1 N–H and O–H groups in total. The molecule has 0 aromatic heterocycles. The van der Waals surface area contributed by atoms with Crippen LogP contribution in [0.4, 0.5) is 4.39 Å². The van der Waals surface area contributed by atoms with Crippen molar-refractivity contribution in [2.45, 2.75) is 12.6 Å². The Labute approximate surface area is 65.1 Å². The zero-order valence-electron chi connectivity index (χ0n) is 6.03. The summed E-state index contributed by atoms with van der Waals surface area (Å²) in [6, 6.07) is 0. The zero-order chi connectivity index (χ0) is 8.48. The molecule has 1 aliphatic heterocycles. The number of rotatable bonds is 1. The van der Waals surface area contributed by atoms with Crippen LogP contribution in [0.2, 0.25) is 0 Å². The van der Waals surface area contributed by atoms with Crippen molar-refractivity contribution in [1.82, 2.24) is 0 Å². The van der Waals surface area contributed by atoms with Gasteiger partial charge in [0.2, 0.25) is 0 Å². The first-order valence-corrected chi connectivity index (χ1v) is 5.32. The SMILES string of the molecule is O=S1(=O)CCC(F)C(CO)C1. The third-order valence-electron chi connectivity index (χ3n) is 1.92. The molecule has 0 bridgehead atoms. The second kappa shape index (κ2) is 3.06. The Morgan fingerprint density at radius 2 is 2.18 bits per heavy atom. The van der Waals surface area contributed by atoms with E-state index in [1.165, 1.54) is 0 Å². The van der Waals surface area contributed by atoms with Crippen molar-refractivity contribution < 1.29 is 17.9 Å². The van der Waals surface area contributed by atoms with Crippen molar-refractivity contribution in [1.29, 1.82) is 0 Å². The van der Waals surface area contributed by atoms with E-state index in [-0.39, 0.29) is 24.5 Å². The molecule has 0 radical (unpaired) electrons. The van der Waals surface area contributed by atoms with E-state index in [2.05, 4.69) is 0 Å². The van der Waals surface area contributed by atoms with Gasteiger partial charge in [0.25, 0.3) is 0 Å². The number of aliphatic hydroxyl groups excluding tert-OH is 1. The first-order valence-electron chi connectivity index (χ1n) is 3.50. The zero-order valence-corrected chi connectivity index (χ0v) is 6.85. The summed E-state index contributed by atoms with van der Waals surface area (Å²) in [4.78, 5) is 0. The van der Waals surface area contributed by atoms with Gasteiger partial charge in [-0.2, -0.15) is 0 Å². The molecular weight excluding hydrogens is 171 g/mol. The maximum atomic E-state index is 12.8. The fraction of sp³-hybridized carbons (Fsp3) is 1.00. The summed E-state index contributed by atoms with van der Waals surface area (Å²) in [5.74, 6) is -0.983. The Kier molecular flexibility index (Phi) is 2.49. The maximum Gasteiger partial charge on any atom is 0.150 e. The molecule has 0 aromatic rings. The number of hydrogen-bond acceptors (Lipinski definition) is 3. The highest BCUT2D eigenvalue weighted by atomic mass is 32.2. The minimum Gasteiger partial charge on any atom is -0.396 e. The van der Waals surface area contributed by atoms with Crippen LogP contribution in [-0.4, -0.2) is 37.8 Å².